The molecule has 1 aliphatic carbocycles. The summed E-state index contributed by atoms with van der Waals surface area (Å²) < 4.78 is 0. The number of rotatable bonds is 5. The van der Waals surface area contributed by atoms with E-state index in [-0.39, 0.29) is 0 Å². The SMILES string of the molecule is CN(C)CCCNC1CCCC(N)C1. The first kappa shape index (κ1) is 12.0. The lowest BCUT2D eigenvalue weighted by Gasteiger charge is -2.27. The van der Waals surface area contributed by atoms with Gasteiger partial charge in [-0.3, -0.25) is 0 Å². The van der Waals surface area contributed by atoms with Gasteiger partial charge in [-0.1, -0.05) is 6.42 Å². The minimum atomic E-state index is 0.440. The molecule has 0 bridgehead atoms. The molecule has 0 spiro atoms. The second kappa shape index (κ2) is 6.38. The smallest absolute Gasteiger partial charge is 0.00818 e. The van der Waals surface area contributed by atoms with Crippen LogP contribution in [0.15, 0.2) is 0 Å². The third-order valence-electron chi connectivity index (χ3n) is 2.93. The van der Waals surface area contributed by atoms with Gasteiger partial charge in [-0.15, -0.1) is 0 Å². The van der Waals surface area contributed by atoms with E-state index in [2.05, 4.69) is 24.3 Å². The van der Waals surface area contributed by atoms with Gasteiger partial charge in [0.05, 0.1) is 0 Å². The van der Waals surface area contributed by atoms with Crippen LogP contribution in [0.4, 0.5) is 0 Å². The molecule has 1 rings (SSSR count). The molecule has 0 heterocycles. The summed E-state index contributed by atoms with van der Waals surface area (Å²) in [6, 6.07) is 1.12. The third-order valence-corrected chi connectivity index (χ3v) is 2.93. The number of nitrogens with zero attached hydrogens (tertiary/aromatic N) is 1. The first-order valence-electron chi connectivity index (χ1n) is 5.82. The fourth-order valence-corrected chi connectivity index (χ4v) is 2.11. The second-order valence-corrected chi connectivity index (χ2v) is 4.73. The molecular weight excluding hydrogens is 174 g/mol. The van der Waals surface area contributed by atoms with Gasteiger partial charge in [0.2, 0.25) is 0 Å². The molecule has 3 nitrogen and oxygen atoms in total. The minimum Gasteiger partial charge on any atom is -0.328 e. The summed E-state index contributed by atoms with van der Waals surface area (Å²) in [5.74, 6) is 0. The minimum absolute atomic E-state index is 0.440. The molecule has 0 aromatic rings. The zero-order chi connectivity index (χ0) is 10.4. The predicted molar refractivity (Wildman–Crippen MR) is 61.4 cm³/mol. The van der Waals surface area contributed by atoms with Crippen molar-refractivity contribution in [1.82, 2.24) is 10.2 Å². The van der Waals surface area contributed by atoms with E-state index in [1.54, 1.807) is 0 Å². The normalized spacial score (nSPS) is 28.3. The zero-order valence-electron chi connectivity index (χ0n) is 9.63. The van der Waals surface area contributed by atoms with Crippen LogP contribution in [0.2, 0.25) is 0 Å². The first-order chi connectivity index (χ1) is 6.68. The summed E-state index contributed by atoms with van der Waals surface area (Å²) >= 11 is 0. The maximum atomic E-state index is 5.93. The van der Waals surface area contributed by atoms with E-state index in [4.69, 9.17) is 5.73 Å². The highest BCUT2D eigenvalue weighted by atomic mass is 15.1. The molecule has 84 valence electrons. The maximum absolute atomic E-state index is 5.93. The highest BCUT2D eigenvalue weighted by Gasteiger charge is 2.17. The van der Waals surface area contributed by atoms with Crippen LogP contribution in [0.1, 0.15) is 32.1 Å². The number of hydrogen-bond acceptors (Lipinski definition) is 3. The van der Waals surface area contributed by atoms with E-state index in [1.807, 2.05) is 0 Å². The first-order valence-corrected chi connectivity index (χ1v) is 5.82. The Balaban J connectivity index is 2.00. The van der Waals surface area contributed by atoms with Gasteiger partial charge in [-0.25, -0.2) is 0 Å². The number of hydrogen-bond donors (Lipinski definition) is 2. The lowest BCUT2D eigenvalue weighted by Crippen LogP contribution is -2.40. The monoisotopic (exact) mass is 199 g/mol. The molecule has 0 aromatic heterocycles. The topological polar surface area (TPSA) is 41.3 Å². The van der Waals surface area contributed by atoms with Gasteiger partial charge >= 0.3 is 0 Å². The van der Waals surface area contributed by atoms with Crippen molar-refractivity contribution in [2.24, 2.45) is 5.73 Å². The summed E-state index contributed by atoms with van der Waals surface area (Å²) in [6.45, 7) is 2.31. The largest absolute Gasteiger partial charge is 0.328 e. The van der Waals surface area contributed by atoms with Crippen molar-refractivity contribution in [3.63, 3.8) is 0 Å². The Kier molecular flexibility index (Phi) is 5.45. The van der Waals surface area contributed by atoms with Gasteiger partial charge in [0.25, 0.3) is 0 Å². The van der Waals surface area contributed by atoms with Gasteiger partial charge in [-0.05, 0) is 52.9 Å². The Hall–Kier alpha value is -0.120. The molecule has 2 atom stereocenters. The lowest BCUT2D eigenvalue weighted by molar-refractivity contribution is 0.327. The van der Waals surface area contributed by atoms with Crippen LogP contribution in [-0.4, -0.2) is 44.2 Å². The Bertz CT molecular complexity index is 147. The standard InChI is InChI=1S/C11H25N3/c1-14(2)8-4-7-13-11-6-3-5-10(12)9-11/h10-11,13H,3-9,12H2,1-2H3. The molecule has 14 heavy (non-hydrogen) atoms. The van der Waals surface area contributed by atoms with Gasteiger partial charge in [0.15, 0.2) is 0 Å². The zero-order valence-corrected chi connectivity index (χ0v) is 9.63. The summed E-state index contributed by atoms with van der Waals surface area (Å²) in [4.78, 5) is 2.23. The average Bonchev–Trinajstić information content (AvgIpc) is 2.12. The van der Waals surface area contributed by atoms with E-state index < -0.39 is 0 Å². The van der Waals surface area contributed by atoms with Crippen molar-refractivity contribution in [2.75, 3.05) is 27.2 Å². The Labute approximate surface area is 88.0 Å². The van der Waals surface area contributed by atoms with Crippen molar-refractivity contribution < 1.29 is 0 Å². The van der Waals surface area contributed by atoms with E-state index in [9.17, 15) is 0 Å². The summed E-state index contributed by atoms with van der Waals surface area (Å²) in [5.41, 5.74) is 5.93. The summed E-state index contributed by atoms with van der Waals surface area (Å²) in [7, 11) is 4.24. The highest BCUT2D eigenvalue weighted by molar-refractivity contribution is 4.79. The Morgan fingerprint density at radius 1 is 1.36 bits per heavy atom. The van der Waals surface area contributed by atoms with Gasteiger partial charge < -0.3 is 16.0 Å². The molecule has 3 heteroatoms. The van der Waals surface area contributed by atoms with Crippen LogP contribution < -0.4 is 11.1 Å². The quantitative estimate of drug-likeness (QED) is 0.644. The fraction of sp³-hybridized carbons (Fsp3) is 1.00. The molecule has 0 aliphatic heterocycles. The summed E-state index contributed by atoms with van der Waals surface area (Å²) in [6.07, 6.45) is 6.23. The molecule has 0 radical (unpaired) electrons. The van der Waals surface area contributed by atoms with Gasteiger partial charge in [0.1, 0.15) is 0 Å². The van der Waals surface area contributed by atoms with Crippen LogP contribution in [0, 0.1) is 0 Å². The second-order valence-electron chi connectivity index (χ2n) is 4.73. The number of nitrogens with two attached hydrogens (primary N) is 1. The fourth-order valence-electron chi connectivity index (χ4n) is 2.11. The molecule has 0 saturated heterocycles. The Morgan fingerprint density at radius 3 is 2.79 bits per heavy atom. The van der Waals surface area contributed by atoms with Gasteiger partial charge in [-0.2, -0.15) is 0 Å². The predicted octanol–water partition coefficient (Wildman–Crippen LogP) is 0.798. The molecule has 2 unspecified atom stereocenters. The van der Waals surface area contributed by atoms with Crippen LogP contribution in [0.25, 0.3) is 0 Å². The van der Waals surface area contributed by atoms with Crippen molar-refractivity contribution in [1.29, 1.82) is 0 Å². The molecule has 1 aliphatic rings. The maximum Gasteiger partial charge on any atom is 0.00818 e. The summed E-state index contributed by atoms with van der Waals surface area (Å²) in [5, 5.41) is 3.60. The molecular formula is C11H25N3. The van der Waals surface area contributed by atoms with Crippen molar-refractivity contribution in [3.8, 4) is 0 Å². The van der Waals surface area contributed by atoms with Crippen molar-refractivity contribution >= 4 is 0 Å². The lowest BCUT2D eigenvalue weighted by atomic mass is 9.91. The van der Waals surface area contributed by atoms with E-state index in [1.165, 1.54) is 38.6 Å². The highest BCUT2D eigenvalue weighted by Crippen LogP contribution is 2.16. The molecule has 0 amide bonds. The molecule has 1 fully saturated rings. The molecule has 1 saturated carbocycles. The van der Waals surface area contributed by atoms with Crippen molar-refractivity contribution in [3.05, 3.63) is 0 Å². The van der Waals surface area contributed by atoms with Gasteiger partial charge in [0, 0.05) is 12.1 Å². The van der Waals surface area contributed by atoms with Crippen LogP contribution >= 0.6 is 0 Å². The van der Waals surface area contributed by atoms with Crippen molar-refractivity contribution in [2.45, 2.75) is 44.2 Å². The molecule has 0 aromatic carbocycles. The van der Waals surface area contributed by atoms with E-state index in [0.29, 0.717) is 12.1 Å². The van der Waals surface area contributed by atoms with E-state index >= 15 is 0 Å². The average molecular weight is 199 g/mol. The van der Waals surface area contributed by atoms with Crippen LogP contribution in [0.3, 0.4) is 0 Å². The third kappa shape index (κ3) is 4.94. The Morgan fingerprint density at radius 2 is 2.14 bits per heavy atom. The molecule has 3 N–H and O–H groups in total. The van der Waals surface area contributed by atoms with Crippen LogP contribution in [-0.2, 0) is 0 Å². The number of nitrogens with one attached hydrogen (secondary N) is 1. The van der Waals surface area contributed by atoms with Crippen LogP contribution in [0.5, 0.6) is 0 Å². The van der Waals surface area contributed by atoms with E-state index in [0.717, 1.165) is 6.54 Å².